The average molecular weight is 457 g/mol. The molecule has 8 heteroatoms. The molecule has 174 valence electrons. The van der Waals surface area contributed by atoms with Crippen molar-refractivity contribution in [3.63, 3.8) is 0 Å². The van der Waals surface area contributed by atoms with Gasteiger partial charge in [-0.15, -0.1) is 0 Å². The summed E-state index contributed by atoms with van der Waals surface area (Å²) in [6, 6.07) is 14.7. The highest BCUT2D eigenvalue weighted by molar-refractivity contribution is 5.95. The predicted octanol–water partition coefficient (Wildman–Crippen LogP) is 4.77. The number of halogens is 3. The van der Waals surface area contributed by atoms with Crippen molar-refractivity contribution in [3.8, 4) is 5.69 Å². The number of hydrogen-bond acceptors (Lipinski definition) is 3. The number of nitrogens with zero attached hydrogens (tertiary/aromatic N) is 3. The minimum Gasteiger partial charge on any atom is -0.350 e. The number of carbonyl (C=O) groups is 1. The van der Waals surface area contributed by atoms with E-state index in [1.165, 1.54) is 11.1 Å². The van der Waals surface area contributed by atoms with Crippen LogP contribution in [0.3, 0.4) is 0 Å². The molecule has 1 amide bonds. The van der Waals surface area contributed by atoms with Gasteiger partial charge in [-0.1, -0.05) is 42.0 Å². The molecule has 33 heavy (non-hydrogen) atoms. The number of hydrogen-bond donors (Lipinski definition) is 1. The maximum absolute atomic E-state index is 13.9. The molecule has 0 radical (unpaired) electrons. The minimum atomic E-state index is -4.74. The molecule has 0 fully saturated rings. The molecule has 1 aliphatic heterocycles. The van der Waals surface area contributed by atoms with Gasteiger partial charge in [0, 0.05) is 25.2 Å². The summed E-state index contributed by atoms with van der Waals surface area (Å²) in [5.41, 5.74) is 1.72. The van der Waals surface area contributed by atoms with E-state index in [0.717, 1.165) is 36.0 Å². The number of rotatable bonds is 5. The van der Waals surface area contributed by atoms with Gasteiger partial charge in [-0.3, -0.25) is 9.69 Å². The quantitative estimate of drug-likeness (QED) is 0.602. The van der Waals surface area contributed by atoms with E-state index in [0.29, 0.717) is 0 Å². The van der Waals surface area contributed by atoms with Crippen molar-refractivity contribution in [2.45, 2.75) is 45.5 Å². The zero-order valence-corrected chi connectivity index (χ0v) is 18.9. The second kappa shape index (κ2) is 8.67. The summed E-state index contributed by atoms with van der Waals surface area (Å²) in [5.74, 6) is -0.786. The van der Waals surface area contributed by atoms with Gasteiger partial charge in [0.2, 0.25) is 0 Å². The number of fused-ring (bicyclic) bond motifs is 1. The number of aromatic nitrogens is 2. The Labute approximate surface area is 191 Å². The number of carbonyl (C=O) groups excluding carboxylic acids is 1. The Hall–Kier alpha value is -3.13. The number of amides is 1. The molecule has 0 saturated heterocycles. The highest BCUT2D eigenvalue weighted by Crippen LogP contribution is 2.34. The number of aryl methyl sites for hydroxylation is 1. The van der Waals surface area contributed by atoms with Crippen LogP contribution < -0.4 is 5.32 Å². The van der Waals surface area contributed by atoms with Crippen molar-refractivity contribution in [1.29, 1.82) is 0 Å². The number of nitrogens with one attached hydrogen (secondary N) is 1. The molecule has 4 rings (SSSR count). The smallest absolute Gasteiger partial charge is 0.350 e. The molecule has 0 atom stereocenters. The molecule has 0 spiro atoms. The van der Waals surface area contributed by atoms with Crippen molar-refractivity contribution >= 4 is 5.91 Å². The molecule has 5 nitrogen and oxygen atoms in total. The van der Waals surface area contributed by atoms with Gasteiger partial charge in [-0.2, -0.15) is 18.3 Å². The third-order valence-corrected chi connectivity index (χ3v) is 6.23. The molecule has 1 N–H and O–H groups in total. The Kier molecular flexibility index (Phi) is 6.05. The first-order valence-electron chi connectivity index (χ1n) is 10.9. The maximum Gasteiger partial charge on any atom is 0.434 e. The zero-order chi connectivity index (χ0) is 23.8. The maximum atomic E-state index is 13.9. The lowest BCUT2D eigenvalue weighted by Crippen LogP contribution is -2.53. The Balaban J connectivity index is 1.52. The van der Waals surface area contributed by atoms with E-state index in [2.05, 4.69) is 27.4 Å². The van der Waals surface area contributed by atoms with E-state index in [1.54, 1.807) is 24.3 Å². The highest BCUT2D eigenvalue weighted by atomic mass is 19.4. The normalized spacial score (nSPS) is 14.7. The summed E-state index contributed by atoms with van der Waals surface area (Å²) in [5, 5.41) is 6.60. The molecule has 0 bridgehead atoms. The molecule has 2 heterocycles. The molecule has 0 aliphatic carbocycles. The van der Waals surface area contributed by atoms with Crippen molar-refractivity contribution < 1.29 is 18.0 Å². The van der Waals surface area contributed by atoms with Crippen LogP contribution >= 0.6 is 0 Å². The van der Waals surface area contributed by atoms with Gasteiger partial charge < -0.3 is 5.32 Å². The Morgan fingerprint density at radius 1 is 1.06 bits per heavy atom. The van der Waals surface area contributed by atoms with Gasteiger partial charge >= 0.3 is 6.18 Å². The van der Waals surface area contributed by atoms with Crippen molar-refractivity contribution in [1.82, 2.24) is 20.0 Å². The number of benzene rings is 2. The fraction of sp³-hybridized carbons (Fsp3) is 0.360. The van der Waals surface area contributed by atoms with Crippen LogP contribution in [0.5, 0.6) is 0 Å². The molecule has 1 aromatic heterocycles. The Morgan fingerprint density at radius 3 is 2.39 bits per heavy atom. The highest BCUT2D eigenvalue weighted by Gasteiger charge is 2.41. The summed E-state index contributed by atoms with van der Waals surface area (Å²) in [7, 11) is 0. The summed E-state index contributed by atoms with van der Waals surface area (Å²) in [6.07, 6.45) is -2.85. The lowest BCUT2D eigenvalue weighted by atomic mass is 9.94. The summed E-state index contributed by atoms with van der Waals surface area (Å²) in [6.45, 7) is 7.58. The van der Waals surface area contributed by atoms with Crippen LogP contribution in [0.1, 0.15) is 46.6 Å². The van der Waals surface area contributed by atoms with E-state index >= 15 is 0 Å². The topological polar surface area (TPSA) is 50.2 Å². The molecule has 3 aromatic rings. The Bertz CT molecular complexity index is 1150. The van der Waals surface area contributed by atoms with Gasteiger partial charge in [0.1, 0.15) is 0 Å². The molecule has 0 unspecified atom stereocenters. The van der Waals surface area contributed by atoms with Crippen molar-refractivity contribution in [2.75, 3.05) is 13.1 Å². The fourth-order valence-corrected chi connectivity index (χ4v) is 4.19. The fourth-order valence-electron chi connectivity index (χ4n) is 4.19. The Morgan fingerprint density at radius 2 is 1.73 bits per heavy atom. The molecular formula is C25H27F3N4O. The van der Waals surface area contributed by atoms with Crippen LogP contribution in [-0.4, -0.2) is 39.2 Å². The van der Waals surface area contributed by atoms with Crippen LogP contribution in [0, 0.1) is 6.92 Å². The second-order valence-corrected chi connectivity index (χ2v) is 9.09. The predicted molar refractivity (Wildman–Crippen MR) is 120 cm³/mol. The largest absolute Gasteiger partial charge is 0.434 e. The second-order valence-electron chi connectivity index (χ2n) is 9.09. The minimum absolute atomic E-state index is 0.209. The lowest BCUT2D eigenvalue weighted by Gasteiger charge is -2.41. The molecular weight excluding hydrogens is 429 g/mol. The van der Waals surface area contributed by atoms with Crippen LogP contribution in [0.2, 0.25) is 0 Å². The first-order chi connectivity index (χ1) is 15.6. The van der Waals surface area contributed by atoms with Gasteiger partial charge in [0.05, 0.1) is 17.4 Å². The van der Waals surface area contributed by atoms with Gasteiger partial charge in [-0.25, -0.2) is 4.68 Å². The van der Waals surface area contributed by atoms with E-state index < -0.39 is 28.9 Å². The van der Waals surface area contributed by atoms with Crippen LogP contribution in [0.4, 0.5) is 13.2 Å². The van der Waals surface area contributed by atoms with Gasteiger partial charge in [0.15, 0.2) is 5.69 Å². The van der Waals surface area contributed by atoms with E-state index in [4.69, 9.17) is 0 Å². The summed E-state index contributed by atoms with van der Waals surface area (Å²) < 4.78 is 42.6. The monoisotopic (exact) mass is 456 g/mol. The van der Waals surface area contributed by atoms with Gasteiger partial charge in [0.25, 0.3) is 5.91 Å². The zero-order valence-electron chi connectivity index (χ0n) is 18.9. The first-order valence-corrected chi connectivity index (χ1v) is 10.9. The van der Waals surface area contributed by atoms with Crippen LogP contribution in [0.15, 0.2) is 54.7 Å². The third-order valence-electron chi connectivity index (χ3n) is 6.23. The number of alkyl halides is 3. The SMILES string of the molecule is Cc1ccc(-n2ncc(C(=O)NCC(C)(C)N3CCc4ccccc4C3)c2C(F)(F)F)cc1. The molecule has 0 saturated carbocycles. The van der Waals surface area contributed by atoms with E-state index in [-0.39, 0.29) is 12.2 Å². The van der Waals surface area contributed by atoms with Gasteiger partial charge in [-0.05, 0) is 50.5 Å². The summed E-state index contributed by atoms with van der Waals surface area (Å²) >= 11 is 0. The van der Waals surface area contributed by atoms with Crippen molar-refractivity contribution in [2.24, 2.45) is 0 Å². The van der Waals surface area contributed by atoms with Crippen molar-refractivity contribution in [3.05, 3.63) is 82.7 Å². The summed E-state index contributed by atoms with van der Waals surface area (Å²) in [4.78, 5) is 15.1. The average Bonchev–Trinajstić information content (AvgIpc) is 3.24. The van der Waals surface area contributed by atoms with E-state index in [1.807, 2.05) is 32.9 Å². The third kappa shape index (κ3) is 4.80. The molecule has 2 aromatic carbocycles. The van der Waals surface area contributed by atoms with E-state index in [9.17, 15) is 18.0 Å². The standard InChI is InChI=1S/C25H27F3N4O/c1-17-8-10-20(11-9-17)32-22(25(26,27)28)21(14-30-32)23(33)29-16-24(2,3)31-13-12-18-6-4-5-7-19(18)15-31/h4-11,14H,12-13,15-16H2,1-3H3,(H,29,33). The van der Waals surface area contributed by atoms with Crippen LogP contribution in [-0.2, 0) is 19.1 Å². The molecule has 1 aliphatic rings. The lowest BCUT2D eigenvalue weighted by molar-refractivity contribution is -0.143. The first kappa shape index (κ1) is 23.0. The van der Waals surface area contributed by atoms with Crippen LogP contribution in [0.25, 0.3) is 5.69 Å².